The summed E-state index contributed by atoms with van der Waals surface area (Å²) in [7, 11) is 0. The van der Waals surface area contributed by atoms with Crippen LogP contribution in [0, 0.1) is 0 Å². The van der Waals surface area contributed by atoms with E-state index in [2.05, 4.69) is 28.8 Å². The van der Waals surface area contributed by atoms with Crippen LogP contribution in [0.15, 0.2) is 30.6 Å². The van der Waals surface area contributed by atoms with Crippen molar-refractivity contribution >= 4 is 11.7 Å². The number of carboxylic acid groups (broad SMARTS) is 1. The van der Waals surface area contributed by atoms with E-state index in [0.717, 1.165) is 17.1 Å². The lowest BCUT2D eigenvalue weighted by molar-refractivity contribution is -0.138. The Morgan fingerprint density at radius 1 is 1.43 bits per heavy atom. The first-order valence-corrected chi connectivity index (χ1v) is 7.03. The molecule has 2 heterocycles. The van der Waals surface area contributed by atoms with Gasteiger partial charge in [-0.2, -0.15) is 5.10 Å². The van der Waals surface area contributed by atoms with E-state index in [0.29, 0.717) is 13.1 Å². The Morgan fingerprint density at radius 2 is 2.19 bits per heavy atom. The molecule has 3 rings (SSSR count). The number of para-hydroxylation sites is 1. The molecule has 1 aromatic heterocycles. The molecule has 1 aliphatic heterocycles. The molecular formula is C15H18N4O2. The molecule has 1 atom stereocenters. The summed E-state index contributed by atoms with van der Waals surface area (Å²) in [6, 6.07) is 7.91. The van der Waals surface area contributed by atoms with Crippen LogP contribution in [0.25, 0.3) is 0 Å². The molecule has 0 amide bonds. The molecule has 21 heavy (non-hydrogen) atoms. The quantitative estimate of drug-likeness (QED) is 0.931. The lowest BCUT2D eigenvalue weighted by Crippen LogP contribution is -2.26. The van der Waals surface area contributed by atoms with Gasteiger partial charge in [0.2, 0.25) is 0 Å². The molecule has 6 nitrogen and oxygen atoms in total. The van der Waals surface area contributed by atoms with Gasteiger partial charge in [-0.05, 0) is 25.5 Å². The summed E-state index contributed by atoms with van der Waals surface area (Å²) in [4.78, 5) is 17.8. The van der Waals surface area contributed by atoms with E-state index in [-0.39, 0.29) is 6.04 Å². The average Bonchev–Trinajstić information content (AvgIpc) is 3.04. The molecule has 1 aromatic carbocycles. The molecule has 1 aliphatic rings. The number of carboxylic acids is 1. The van der Waals surface area contributed by atoms with Crippen LogP contribution in [-0.4, -0.2) is 32.4 Å². The lowest BCUT2D eigenvalue weighted by atomic mass is 10.0. The van der Waals surface area contributed by atoms with E-state index in [9.17, 15) is 9.90 Å². The maximum Gasteiger partial charge on any atom is 0.312 e. The van der Waals surface area contributed by atoms with E-state index in [4.69, 9.17) is 0 Å². The van der Waals surface area contributed by atoms with Crippen molar-refractivity contribution in [3.63, 3.8) is 0 Å². The van der Waals surface area contributed by atoms with Gasteiger partial charge >= 0.3 is 5.97 Å². The molecule has 0 saturated heterocycles. The van der Waals surface area contributed by atoms with E-state index in [1.54, 1.807) is 6.33 Å². The van der Waals surface area contributed by atoms with Crippen LogP contribution in [-0.2, 0) is 11.3 Å². The third-order valence-corrected chi connectivity index (χ3v) is 3.82. The van der Waals surface area contributed by atoms with Gasteiger partial charge < -0.3 is 10.0 Å². The Balaban J connectivity index is 1.90. The fraction of sp³-hybridized carbons (Fsp3) is 0.400. The number of hydrogen-bond donors (Lipinski definition) is 1. The first-order valence-electron chi connectivity index (χ1n) is 7.03. The van der Waals surface area contributed by atoms with E-state index in [1.165, 1.54) is 0 Å². The maximum absolute atomic E-state index is 11.4. The molecule has 0 saturated carbocycles. The Bertz CT molecular complexity index is 665. The van der Waals surface area contributed by atoms with Crippen molar-refractivity contribution in [2.24, 2.45) is 0 Å². The Kier molecular flexibility index (Phi) is 3.37. The smallest absolute Gasteiger partial charge is 0.312 e. The topological polar surface area (TPSA) is 71.2 Å². The first-order chi connectivity index (χ1) is 10.1. The van der Waals surface area contributed by atoms with Gasteiger partial charge in [-0.1, -0.05) is 18.2 Å². The van der Waals surface area contributed by atoms with Gasteiger partial charge in [-0.25, -0.2) is 9.67 Å². The zero-order chi connectivity index (χ0) is 15.0. The summed E-state index contributed by atoms with van der Waals surface area (Å²) < 4.78 is 1.87. The molecule has 0 bridgehead atoms. The number of aliphatic carboxylic acids is 1. The minimum atomic E-state index is -0.782. The summed E-state index contributed by atoms with van der Waals surface area (Å²) >= 11 is 0. The second-order valence-corrected chi connectivity index (χ2v) is 5.54. The summed E-state index contributed by atoms with van der Waals surface area (Å²) in [6.45, 7) is 5.14. The van der Waals surface area contributed by atoms with Crippen LogP contribution in [0.5, 0.6) is 0 Å². The van der Waals surface area contributed by atoms with Crippen LogP contribution < -0.4 is 4.90 Å². The SMILES string of the molecule is CC(C)n1ncnc1CN1CC(C(=O)O)c2ccccc21. The Labute approximate surface area is 123 Å². The van der Waals surface area contributed by atoms with E-state index < -0.39 is 11.9 Å². The molecule has 0 spiro atoms. The Morgan fingerprint density at radius 3 is 2.90 bits per heavy atom. The monoisotopic (exact) mass is 286 g/mol. The van der Waals surface area contributed by atoms with Crippen LogP contribution in [0.3, 0.4) is 0 Å². The molecular weight excluding hydrogens is 268 g/mol. The normalized spacial score (nSPS) is 17.3. The molecule has 0 radical (unpaired) electrons. The number of hydrogen-bond acceptors (Lipinski definition) is 4. The predicted octanol–water partition coefficient (Wildman–Crippen LogP) is 2.05. The standard InChI is InChI=1S/C15H18N4O2/c1-10(2)19-14(16-9-17-19)8-18-7-12(15(20)21)11-5-3-4-6-13(11)18/h3-6,9-10,12H,7-8H2,1-2H3,(H,20,21). The summed E-state index contributed by atoms with van der Waals surface area (Å²) in [5.74, 6) is -0.405. The maximum atomic E-state index is 11.4. The number of rotatable bonds is 4. The van der Waals surface area contributed by atoms with Gasteiger partial charge in [0.05, 0.1) is 6.54 Å². The fourth-order valence-electron chi connectivity index (χ4n) is 2.84. The number of carbonyl (C=O) groups is 1. The molecule has 1 N–H and O–H groups in total. The van der Waals surface area contributed by atoms with Crippen molar-refractivity contribution in [2.75, 3.05) is 11.4 Å². The molecule has 0 aliphatic carbocycles. The molecule has 6 heteroatoms. The number of benzene rings is 1. The fourth-order valence-corrected chi connectivity index (χ4v) is 2.84. The van der Waals surface area contributed by atoms with Crippen LogP contribution in [0.1, 0.15) is 37.2 Å². The van der Waals surface area contributed by atoms with Crippen molar-refractivity contribution in [2.45, 2.75) is 32.4 Å². The largest absolute Gasteiger partial charge is 0.481 e. The number of nitrogens with zero attached hydrogens (tertiary/aromatic N) is 4. The van der Waals surface area contributed by atoms with Gasteiger partial charge in [-0.15, -0.1) is 0 Å². The molecule has 2 aromatic rings. The van der Waals surface area contributed by atoms with Crippen LogP contribution in [0.4, 0.5) is 5.69 Å². The first kappa shape index (κ1) is 13.6. The van der Waals surface area contributed by atoms with Crippen molar-refractivity contribution in [1.29, 1.82) is 0 Å². The second-order valence-electron chi connectivity index (χ2n) is 5.54. The number of fused-ring (bicyclic) bond motifs is 1. The van der Waals surface area contributed by atoms with Gasteiger partial charge in [0, 0.05) is 18.3 Å². The lowest BCUT2D eigenvalue weighted by Gasteiger charge is -2.20. The Hall–Kier alpha value is -2.37. The molecule has 0 fully saturated rings. The highest BCUT2D eigenvalue weighted by Crippen LogP contribution is 2.36. The zero-order valence-corrected chi connectivity index (χ0v) is 12.1. The number of aromatic nitrogens is 3. The summed E-state index contributed by atoms with van der Waals surface area (Å²) in [5.41, 5.74) is 1.85. The van der Waals surface area contributed by atoms with E-state index in [1.807, 2.05) is 28.9 Å². The minimum Gasteiger partial charge on any atom is -0.481 e. The molecule has 1 unspecified atom stereocenters. The van der Waals surface area contributed by atoms with Gasteiger partial charge in [0.1, 0.15) is 18.1 Å². The highest BCUT2D eigenvalue weighted by atomic mass is 16.4. The number of anilines is 1. The highest BCUT2D eigenvalue weighted by molar-refractivity contribution is 5.82. The molecule has 110 valence electrons. The predicted molar refractivity (Wildman–Crippen MR) is 78.3 cm³/mol. The third-order valence-electron chi connectivity index (χ3n) is 3.82. The van der Waals surface area contributed by atoms with Crippen molar-refractivity contribution < 1.29 is 9.90 Å². The summed E-state index contributed by atoms with van der Waals surface area (Å²) in [6.07, 6.45) is 1.55. The van der Waals surface area contributed by atoms with Crippen LogP contribution in [0.2, 0.25) is 0 Å². The van der Waals surface area contributed by atoms with Gasteiger partial charge in [0.15, 0.2) is 0 Å². The van der Waals surface area contributed by atoms with Crippen molar-refractivity contribution in [3.05, 3.63) is 42.0 Å². The van der Waals surface area contributed by atoms with Crippen molar-refractivity contribution in [3.8, 4) is 0 Å². The zero-order valence-electron chi connectivity index (χ0n) is 12.1. The van der Waals surface area contributed by atoms with E-state index >= 15 is 0 Å². The van der Waals surface area contributed by atoms with Crippen molar-refractivity contribution in [1.82, 2.24) is 14.8 Å². The highest BCUT2D eigenvalue weighted by Gasteiger charge is 2.33. The second kappa shape index (κ2) is 5.20. The van der Waals surface area contributed by atoms with Crippen LogP contribution >= 0.6 is 0 Å². The van der Waals surface area contributed by atoms with Gasteiger partial charge in [0.25, 0.3) is 0 Å². The average molecular weight is 286 g/mol. The summed E-state index contributed by atoms with van der Waals surface area (Å²) in [5, 5.41) is 13.6. The minimum absolute atomic E-state index is 0.232. The third kappa shape index (κ3) is 2.37. The van der Waals surface area contributed by atoms with Gasteiger partial charge in [-0.3, -0.25) is 4.79 Å².